The van der Waals surface area contributed by atoms with Gasteiger partial charge in [-0.1, -0.05) is 0 Å². The molecule has 3 aromatic rings. The molecule has 0 radical (unpaired) electrons. The molecule has 23 heavy (non-hydrogen) atoms. The van der Waals surface area contributed by atoms with Crippen LogP contribution in [0.4, 0.5) is 5.69 Å². The van der Waals surface area contributed by atoms with E-state index in [1.54, 1.807) is 31.4 Å². The number of aromatic nitrogens is 1. The van der Waals surface area contributed by atoms with Gasteiger partial charge in [-0.3, -0.25) is 4.79 Å². The maximum absolute atomic E-state index is 12.1. The molecule has 1 amide bonds. The number of ether oxygens (including phenoxy) is 1. The van der Waals surface area contributed by atoms with Gasteiger partial charge in [-0.2, -0.15) is 0 Å². The molecular weight excluding hydrogens is 409 g/mol. The van der Waals surface area contributed by atoms with Crippen molar-refractivity contribution in [3.63, 3.8) is 0 Å². The Bertz CT molecular complexity index is 901. The van der Waals surface area contributed by atoms with Gasteiger partial charge in [0.2, 0.25) is 5.88 Å². The third-order valence-electron chi connectivity index (χ3n) is 3.29. The Morgan fingerprint density at radius 3 is 2.65 bits per heavy atom. The summed E-state index contributed by atoms with van der Waals surface area (Å²) in [5, 5.41) is 18.3. The number of aromatic amines is 1. The minimum Gasteiger partial charge on any atom is -0.497 e. The lowest BCUT2D eigenvalue weighted by Gasteiger charge is -1.99. The van der Waals surface area contributed by atoms with Crippen molar-refractivity contribution in [2.45, 2.75) is 0 Å². The average molecular weight is 421 g/mol. The van der Waals surface area contributed by atoms with Crippen molar-refractivity contribution in [2.75, 3.05) is 7.11 Å². The van der Waals surface area contributed by atoms with Crippen molar-refractivity contribution in [3.8, 4) is 11.6 Å². The zero-order valence-corrected chi connectivity index (χ0v) is 14.2. The second-order valence-electron chi connectivity index (χ2n) is 4.75. The molecule has 2 N–H and O–H groups in total. The van der Waals surface area contributed by atoms with Crippen LogP contribution in [-0.2, 0) is 0 Å². The molecular formula is C16H12IN3O3. The molecule has 116 valence electrons. The summed E-state index contributed by atoms with van der Waals surface area (Å²) >= 11 is 2.16. The summed E-state index contributed by atoms with van der Waals surface area (Å²) in [6, 6.07) is 12.2. The molecule has 0 aliphatic carbocycles. The van der Waals surface area contributed by atoms with Gasteiger partial charge in [0, 0.05) is 14.5 Å². The first-order valence-corrected chi connectivity index (χ1v) is 7.76. The molecule has 3 rings (SSSR count). The maximum atomic E-state index is 12.1. The Morgan fingerprint density at radius 2 is 1.96 bits per heavy atom. The lowest BCUT2D eigenvalue weighted by molar-refractivity contribution is 0.0995. The van der Waals surface area contributed by atoms with Crippen LogP contribution in [0.5, 0.6) is 11.6 Å². The van der Waals surface area contributed by atoms with E-state index in [-0.39, 0.29) is 11.6 Å². The van der Waals surface area contributed by atoms with Crippen LogP contribution in [-0.4, -0.2) is 23.1 Å². The second kappa shape index (κ2) is 6.37. The number of amides is 1. The van der Waals surface area contributed by atoms with Crippen molar-refractivity contribution in [2.24, 2.45) is 10.2 Å². The van der Waals surface area contributed by atoms with Crippen molar-refractivity contribution in [1.82, 2.24) is 4.98 Å². The third kappa shape index (κ3) is 3.19. The minimum absolute atomic E-state index is 0.117. The van der Waals surface area contributed by atoms with Crippen LogP contribution in [0.1, 0.15) is 10.4 Å². The summed E-state index contributed by atoms with van der Waals surface area (Å²) in [6.07, 6.45) is 0. The number of carbonyl (C=O) groups is 1. The zero-order chi connectivity index (χ0) is 16.4. The number of hydrogen-bond acceptors (Lipinski definition) is 4. The highest BCUT2D eigenvalue weighted by molar-refractivity contribution is 14.1. The first-order valence-electron chi connectivity index (χ1n) is 6.69. The van der Waals surface area contributed by atoms with Crippen LogP contribution in [0.15, 0.2) is 52.7 Å². The highest BCUT2D eigenvalue weighted by atomic mass is 127. The Balaban J connectivity index is 1.91. The standard InChI is InChI=1S/C16H12IN3O3/c1-23-11-5-2-9(3-6-11)15(21)20-19-14-12-8-10(17)4-7-13(12)18-16(14)22/h2-8,18,22H,1H3. The van der Waals surface area contributed by atoms with Crippen molar-refractivity contribution >= 4 is 45.1 Å². The van der Waals surface area contributed by atoms with E-state index in [2.05, 4.69) is 37.8 Å². The number of fused-ring (bicyclic) bond motifs is 1. The fraction of sp³-hybridized carbons (Fsp3) is 0.0625. The molecule has 0 aliphatic heterocycles. The van der Waals surface area contributed by atoms with E-state index >= 15 is 0 Å². The fourth-order valence-corrected chi connectivity index (χ4v) is 2.61. The van der Waals surface area contributed by atoms with Crippen LogP contribution in [0.25, 0.3) is 10.9 Å². The summed E-state index contributed by atoms with van der Waals surface area (Å²) in [7, 11) is 1.55. The summed E-state index contributed by atoms with van der Waals surface area (Å²) in [4.78, 5) is 14.9. The fourth-order valence-electron chi connectivity index (χ4n) is 2.12. The second-order valence-corrected chi connectivity index (χ2v) is 5.99. The molecule has 1 aromatic heterocycles. The van der Waals surface area contributed by atoms with E-state index in [9.17, 15) is 9.90 Å². The van der Waals surface area contributed by atoms with Gasteiger partial charge in [-0.05, 0) is 65.1 Å². The van der Waals surface area contributed by atoms with Gasteiger partial charge in [0.1, 0.15) is 5.75 Å². The lowest BCUT2D eigenvalue weighted by Crippen LogP contribution is -1.93. The number of azo groups is 1. The number of H-pyrrole nitrogens is 1. The van der Waals surface area contributed by atoms with Gasteiger partial charge in [-0.25, -0.2) is 0 Å². The van der Waals surface area contributed by atoms with Crippen molar-refractivity contribution in [3.05, 3.63) is 51.6 Å². The highest BCUT2D eigenvalue weighted by Crippen LogP contribution is 2.36. The van der Waals surface area contributed by atoms with Gasteiger partial charge in [0.05, 0.1) is 12.6 Å². The Kier molecular flexibility index (Phi) is 4.28. The van der Waals surface area contributed by atoms with Crippen LogP contribution < -0.4 is 4.74 Å². The Labute approximate surface area is 145 Å². The van der Waals surface area contributed by atoms with Gasteiger partial charge < -0.3 is 14.8 Å². The number of carbonyl (C=O) groups excluding carboxylic acids is 1. The number of nitrogens with zero attached hydrogens (tertiary/aromatic N) is 2. The normalized spacial score (nSPS) is 11.2. The topological polar surface area (TPSA) is 87.0 Å². The van der Waals surface area contributed by atoms with Crippen LogP contribution in [0.3, 0.4) is 0 Å². The molecule has 0 bridgehead atoms. The molecule has 0 saturated carbocycles. The molecule has 1 heterocycles. The molecule has 6 nitrogen and oxygen atoms in total. The Morgan fingerprint density at radius 1 is 1.22 bits per heavy atom. The molecule has 0 spiro atoms. The van der Waals surface area contributed by atoms with Crippen LogP contribution >= 0.6 is 22.6 Å². The number of nitrogens with one attached hydrogen (secondary N) is 1. The maximum Gasteiger partial charge on any atom is 0.295 e. The molecule has 0 unspecified atom stereocenters. The lowest BCUT2D eigenvalue weighted by atomic mass is 10.2. The molecule has 0 fully saturated rings. The number of benzene rings is 2. The van der Waals surface area contributed by atoms with E-state index in [0.29, 0.717) is 16.7 Å². The summed E-state index contributed by atoms with van der Waals surface area (Å²) in [6.45, 7) is 0. The first kappa shape index (κ1) is 15.5. The van der Waals surface area contributed by atoms with E-state index in [1.165, 1.54) is 0 Å². The van der Waals surface area contributed by atoms with Gasteiger partial charge in [0.15, 0.2) is 5.69 Å². The SMILES string of the molecule is COc1ccc(C(=O)N=Nc2c(O)[nH]c3ccc(I)cc23)cc1. The van der Waals surface area contributed by atoms with E-state index in [0.717, 1.165) is 9.09 Å². The van der Waals surface area contributed by atoms with E-state index < -0.39 is 5.91 Å². The van der Waals surface area contributed by atoms with E-state index in [4.69, 9.17) is 4.74 Å². The van der Waals surface area contributed by atoms with Gasteiger partial charge in [0.25, 0.3) is 5.91 Å². The van der Waals surface area contributed by atoms with Crippen molar-refractivity contribution in [1.29, 1.82) is 0 Å². The molecule has 0 aliphatic rings. The summed E-state index contributed by atoms with van der Waals surface area (Å²) in [5.74, 6) is 0.0441. The molecule has 0 saturated heterocycles. The largest absolute Gasteiger partial charge is 0.497 e. The van der Waals surface area contributed by atoms with Gasteiger partial charge >= 0.3 is 0 Å². The third-order valence-corrected chi connectivity index (χ3v) is 3.96. The van der Waals surface area contributed by atoms with E-state index in [1.807, 2.05) is 18.2 Å². The molecule has 2 aromatic carbocycles. The summed E-state index contributed by atoms with van der Waals surface area (Å²) in [5.41, 5.74) is 1.37. The average Bonchev–Trinajstić information content (AvgIpc) is 2.87. The smallest absolute Gasteiger partial charge is 0.295 e. The zero-order valence-electron chi connectivity index (χ0n) is 12.1. The predicted molar refractivity (Wildman–Crippen MR) is 94.5 cm³/mol. The quantitative estimate of drug-likeness (QED) is 0.485. The van der Waals surface area contributed by atoms with Crippen LogP contribution in [0.2, 0.25) is 0 Å². The number of halogens is 1. The molecule has 0 atom stereocenters. The van der Waals surface area contributed by atoms with Gasteiger partial charge in [-0.15, -0.1) is 10.2 Å². The number of hydrogen-bond donors (Lipinski definition) is 2. The number of aromatic hydroxyl groups is 1. The van der Waals surface area contributed by atoms with Crippen LogP contribution in [0, 0.1) is 3.57 Å². The minimum atomic E-state index is -0.493. The summed E-state index contributed by atoms with van der Waals surface area (Å²) < 4.78 is 6.03. The number of rotatable bonds is 3. The number of methoxy groups -OCH3 is 1. The van der Waals surface area contributed by atoms with Crippen molar-refractivity contribution < 1.29 is 14.6 Å². The highest BCUT2D eigenvalue weighted by Gasteiger charge is 2.12. The first-order chi connectivity index (χ1) is 11.1. The monoisotopic (exact) mass is 421 g/mol. The predicted octanol–water partition coefficient (Wildman–Crippen LogP) is 4.41. The molecule has 7 heteroatoms. The Hall–Kier alpha value is -2.42.